The molecule has 4 rings (SSSR count). The highest BCUT2D eigenvalue weighted by Gasteiger charge is 2.27. The Labute approximate surface area is 170 Å². The molecule has 0 aliphatic carbocycles. The number of aromatic nitrogens is 3. The van der Waals surface area contributed by atoms with Gasteiger partial charge >= 0.3 is 0 Å². The van der Waals surface area contributed by atoms with E-state index >= 15 is 0 Å². The van der Waals surface area contributed by atoms with Crippen LogP contribution in [0.2, 0.25) is 0 Å². The van der Waals surface area contributed by atoms with Crippen LogP contribution < -0.4 is 15.2 Å². The highest BCUT2D eigenvalue weighted by molar-refractivity contribution is 6.04. The first-order valence-electron chi connectivity index (χ1n) is 9.29. The zero-order chi connectivity index (χ0) is 21.4. The van der Waals surface area contributed by atoms with Crippen LogP contribution in [0, 0.1) is 11.6 Å². The molecule has 0 bridgehead atoms. The standard InChI is InChI=1S/C20H19F2N5O3/c1-25-19(28)13-4-3-12(21)9-14(13)17(24-25)20(29)27-7-5-26(6-8-27)16-11-23-10-15(22)18(16)30-2/h3-4,9-11H,5-8H2,1-2H3. The Balaban J connectivity index is 1.60. The lowest BCUT2D eigenvalue weighted by Crippen LogP contribution is -2.49. The molecule has 156 valence electrons. The molecule has 1 amide bonds. The molecular weight excluding hydrogens is 396 g/mol. The number of benzene rings is 1. The maximum Gasteiger partial charge on any atom is 0.275 e. The van der Waals surface area contributed by atoms with E-state index < -0.39 is 23.1 Å². The minimum atomic E-state index is -0.559. The van der Waals surface area contributed by atoms with E-state index in [4.69, 9.17) is 4.74 Å². The lowest BCUT2D eigenvalue weighted by atomic mass is 10.1. The van der Waals surface area contributed by atoms with Gasteiger partial charge in [0.25, 0.3) is 11.5 Å². The van der Waals surface area contributed by atoms with Crippen LogP contribution >= 0.6 is 0 Å². The smallest absolute Gasteiger partial charge is 0.275 e. The molecule has 0 radical (unpaired) electrons. The van der Waals surface area contributed by atoms with Crippen LogP contribution in [0.1, 0.15) is 10.5 Å². The average Bonchev–Trinajstić information content (AvgIpc) is 2.75. The number of nitrogens with zero attached hydrogens (tertiary/aromatic N) is 5. The van der Waals surface area contributed by atoms with Crippen molar-refractivity contribution < 1.29 is 18.3 Å². The van der Waals surface area contributed by atoms with Crippen molar-refractivity contribution in [3.63, 3.8) is 0 Å². The van der Waals surface area contributed by atoms with Gasteiger partial charge in [-0.3, -0.25) is 14.6 Å². The summed E-state index contributed by atoms with van der Waals surface area (Å²) in [6.07, 6.45) is 2.60. The van der Waals surface area contributed by atoms with Crippen LogP contribution in [-0.2, 0) is 7.05 Å². The number of ether oxygens (including phenoxy) is 1. The van der Waals surface area contributed by atoms with Gasteiger partial charge in [-0.2, -0.15) is 5.10 Å². The minimum absolute atomic E-state index is 0.0186. The van der Waals surface area contributed by atoms with Crippen LogP contribution in [-0.4, -0.2) is 58.9 Å². The highest BCUT2D eigenvalue weighted by Crippen LogP contribution is 2.30. The molecule has 3 heterocycles. The second kappa shape index (κ2) is 7.69. The molecule has 2 aromatic heterocycles. The Bertz CT molecular complexity index is 1190. The summed E-state index contributed by atoms with van der Waals surface area (Å²) in [5.74, 6) is -1.41. The fraction of sp³-hybridized carbons (Fsp3) is 0.300. The van der Waals surface area contributed by atoms with Crippen molar-refractivity contribution in [3.8, 4) is 5.75 Å². The number of pyridine rings is 1. The number of hydrogen-bond donors (Lipinski definition) is 0. The van der Waals surface area contributed by atoms with E-state index in [1.165, 1.54) is 32.5 Å². The molecular formula is C20H19F2N5O3. The van der Waals surface area contributed by atoms with Gasteiger partial charge in [-0.05, 0) is 18.2 Å². The molecule has 1 aliphatic rings. The van der Waals surface area contributed by atoms with Gasteiger partial charge in [-0.15, -0.1) is 0 Å². The van der Waals surface area contributed by atoms with Crippen LogP contribution in [0.3, 0.4) is 0 Å². The summed E-state index contributed by atoms with van der Waals surface area (Å²) in [6, 6.07) is 3.68. The van der Waals surface area contributed by atoms with E-state index in [0.29, 0.717) is 31.9 Å². The van der Waals surface area contributed by atoms with Crippen molar-refractivity contribution in [2.24, 2.45) is 7.05 Å². The summed E-state index contributed by atoms with van der Waals surface area (Å²) in [7, 11) is 2.83. The van der Waals surface area contributed by atoms with Gasteiger partial charge in [0.15, 0.2) is 17.3 Å². The lowest BCUT2D eigenvalue weighted by Gasteiger charge is -2.36. The van der Waals surface area contributed by atoms with Crippen molar-refractivity contribution in [2.75, 3.05) is 38.2 Å². The maximum absolute atomic E-state index is 13.9. The number of carbonyl (C=O) groups excluding carboxylic acids is 1. The number of fused-ring (bicyclic) bond motifs is 1. The van der Waals surface area contributed by atoms with Crippen LogP contribution in [0.25, 0.3) is 10.8 Å². The van der Waals surface area contributed by atoms with Crippen molar-refractivity contribution >= 4 is 22.4 Å². The third kappa shape index (κ3) is 3.34. The zero-order valence-corrected chi connectivity index (χ0v) is 16.4. The van der Waals surface area contributed by atoms with Gasteiger partial charge in [-0.1, -0.05) is 0 Å². The second-order valence-corrected chi connectivity index (χ2v) is 6.92. The zero-order valence-electron chi connectivity index (χ0n) is 16.4. The van der Waals surface area contributed by atoms with E-state index in [1.54, 1.807) is 4.90 Å². The Morgan fingerprint density at radius 3 is 2.53 bits per heavy atom. The number of carbonyl (C=O) groups is 1. The maximum atomic E-state index is 13.9. The number of anilines is 1. The lowest BCUT2D eigenvalue weighted by molar-refractivity contribution is 0.0740. The van der Waals surface area contributed by atoms with Gasteiger partial charge < -0.3 is 14.5 Å². The fourth-order valence-corrected chi connectivity index (χ4v) is 3.62. The molecule has 0 unspecified atom stereocenters. The second-order valence-electron chi connectivity index (χ2n) is 6.92. The summed E-state index contributed by atoms with van der Waals surface area (Å²) in [4.78, 5) is 32.7. The summed E-state index contributed by atoms with van der Waals surface area (Å²) >= 11 is 0. The van der Waals surface area contributed by atoms with Crippen LogP contribution in [0.15, 0.2) is 35.4 Å². The molecule has 1 aromatic carbocycles. The van der Waals surface area contributed by atoms with Gasteiger partial charge in [0.1, 0.15) is 11.5 Å². The molecule has 3 aromatic rings. The van der Waals surface area contributed by atoms with E-state index in [2.05, 4.69) is 10.1 Å². The van der Waals surface area contributed by atoms with E-state index in [0.717, 1.165) is 16.9 Å². The molecule has 10 heteroatoms. The quantitative estimate of drug-likeness (QED) is 0.646. The first-order chi connectivity index (χ1) is 14.4. The predicted molar refractivity (Wildman–Crippen MR) is 106 cm³/mol. The number of piperazine rings is 1. The third-order valence-corrected chi connectivity index (χ3v) is 5.16. The monoisotopic (exact) mass is 415 g/mol. The van der Waals surface area contributed by atoms with Crippen LogP contribution in [0.5, 0.6) is 5.75 Å². The SMILES string of the molecule is COc1c(F)cncc1N1CCN(C(=O)c2nn(C)c(=O)c3ccc(F)cc23)CC1. The summed E-state index contributed by atoms with van der Waals surface area (Å²) in [5.41, 5.74) is 0.125. The molecule has 1 aliphatic heterocycles. The summed E-state index contributed by atoms with van der Waals surface area (Å²) < 4.78 is 33.9. The molecule has 0 spiro atoms. The number of hydrogen-bond acceptors (Lipinski definition) is 6. The Morgan fingerprint density at radius 2 is 1.83 bits per heavy atom. The number of methoxy groups -OCH3 is 1. The summed E-state index contributed by atoms with van der Waals surface area (Å²) in [5, 5.41) is 4.50. The Hall–Kier alpha value is -3.56. The third-order valence-electron chi connectivity index (χ3n) is 5.16. The van der Waals surface area contributed by atoms with E-state index in [-0.39, 0.29) is 22.2 Å². The predicted octanol–water partition coefficient (Wildman–Crippen LogP) is 1.58. The number of amides is 1. The van der Waals surface area contributed by atoms with Crippen molar-refractivity contribution in [1.29, 1.82) is 0 Å². The largest absolute Gasteiger partial charge is 0.491 e. The highest BCUT2D eigenvalue weighted by atomic mass is 19.1. The molecule has 8 nitrogen and oxygen atoms in total. The fourth-order valence-electron chi connectivity index (χ4n) is 3.62. The van der Waals surface area contributed by atoms with Gasteiger partial charge in [0, 0.05) is 38.6 Å². The molecule has 0 saturated carbocycles. The number of halogens is 2. The molecule has 1 saturated heterocycles. The first-order valence-corrected chi connectivity index (χ1v) is 9.29. The Kier molecular flexibility index (Phi) is 5.06. The van der Waals surface area contributed by atoms with Gasteiger partial charge in [0.05, 0.1) is 24.9 Å². The topological polar surface area (TPSA) is 80.6 Å². The van der Waals surface area contributed by atoms with Gasteiger partial charge in [0.2, 0.25) is 0 Å². The summed E-state index contributed by atoms with van der Waals surface area (Å²) in [6.45, 7) is 1.51. The molecule has 1 fully saturated rings. The molecule has 0 N–H and O–H groups in total. The van der Waals surface area contributed by atoms with Gasteiger partial charge in [-0.25, -0.2) is 13.5 Å². The Morgan fingerprint density at radius 1 is 1.10 bits per heavy atom. The minimum Gasteiger partial charge on any atom is -0.491 e. The molecule has 0 atom stereocenters. The van der Waals surface area contributed by atoms with E-state index in [1.807, 2.05) is 4.90 Å². The average molecular weight is 415 g/mol. The van der Waals surface area contributed by atoms with Crippen molar-refractivity contribution in [1.82, 2.24) is 19.7 Å². The first kappa shape index (κ1) is 19.7. The number of rotatable bonds is 3. The van der Waals surface area contributed by atoms with E-state index in [9.17, 15) is 18.4 Å². The van der Waals surface area contributed by atoms with Crippen molar-refractivity contribution in [2.45, 2.75) is 0 Å². The van der Waals surface area contributed by atoms with Crippen LogP contribution in [0.4, 0.5) is 14.5 Å². The normalized spacial score (nSPS) is 14.3. The number of aryl methyl sites for hydroxylation is 1. The molecule has 30 heavy (non-hydrogen) atoms. The van der Waals surface area contributed by atoms with Crippen molar-refractivity contribution in [3.05, 3.63) is 58.3 Å².